The summed E-state index contributed by atoms with van der Waals surface area (Å²) in [6.45, 7) is 3.03. The van der Waals surface area contributed by atoms with Crippen LogP contribution >= 0.6 is 0 Å². The van der Waals surface area contributed by atoms with Gasteiger partial charge in [-0.05, 0) is 49.3 Å². The highest BCUT2D eigenvalue weighted by atomic mass is 16.3. The van der Waals surface area contributed by atoms with E-state index >= 15 is 0 Å². The number of hydrogen-bond acceptors (Lipinski definition) is 6. The molecule has 2 heterocycles. The average Bonchev–Trinajstić information content (AvgIpc) is 3.61. The highest BCUT2D eigenvalue weighted by Crippen LogP contribution is 2.41. The zero-order chi connectivity index (χ0) is 33.0. The van der Waals surface area contributed by atoms with Crippen LogP contribution in [0.1, 0.15) is 57.1 Å². The molecule has 1 aliphatic carbocycles. The van der Waals surface area contributed by atoms with Gasteiger partial charge in [0.2, 0.25) is 30.0 Å². The van der Waals surface area contributed by atoms with E-state index in [9.17, 15) is 29.1 Å². The Labute approximate surface area is 268 Å². The minimum atomic E-state index is -1.29. The van der Waals surface area contributed by atoms with Crippen molar-refractivity contribution in [2.75, 3.05) is 7.05 Å². The molecule has 4 amide bonds. The van der Waals surface area contributed by atoms with Crippen molar-refractivity contribution in [3.05, 3.63) is 71.9 Å². The van der Waals surface area contributed by atoms with Gasteiger partial charge in [-0.15, -0.1) is 0 Å². The molecule has 0 radical (unpaired) electrons. The molecule has 5 rings (SSSR count). The third-order valence-electron chi connectivity index (χ3n) is 9.37. The van der Waals surface area contributed by atoms with Gasteiger partial charge in [-0.25, -0.2) is 0 Å². The van der Waals surface area contributed by atoms with Gasteiger partial charge in [0.15, 0.2) is 0 Å². The molecule has 0 bridgehead atoms. The summed E-state index contributed by atoms with van der Waals surface area (Å²) in [7, 11) is 1.74. The lowest BCUT2D eigenvalue weighted by Gasteiger charge is -2.37. The monoisotopic (exact) mass is 629 g/mol. The summed E-state index contributed by atoms with van der Waals surface area (Å²) in [5, 5.41) is 16.4. The van der Waals surface area contributed by atoms with Gasteiger partial charge in [0.05, 0.1) is 11.6 Å². The number of aromatic nitrogens is 1. The third-order valence-corrected chi connectivity index (χ3v) is 9.37. The number of aliphatic hydroxyl groups is 1. The van der Waals surface area contributed by atoms with Gasteiger partial charge >= 0.3 is 0 Å². The Kier molecular flexibility index (Phi) is 10.2. The van der Waals surface area contributed by atoms with E-state index < -0.39 is 42.0 Å². The van der Waals surface area contributed by atoms with Crippen molar-refractivity contribution in [1.82, 2.24) is 25.0 Å². The minimum Gasteiger partial charge on any atom is -0.391 e. The van der Waals surface area contributed by atoms with Crippen molar-refractivity contribution >= 4 is 40.9 Å². The van der Waals surface area contributed by atoms with Crippen molar-refractivity contribution in [2.45, 2.75) is 89.2 Å². The van der Waals surface area contributed by atoms with Gasteiger partial charge in [-0.2, -0.15) is 0 Å². The molecule has 3 aromatic rings. The van der Waals surface area contributed by atoms with E-state index in [1.807, 2.05) is 48.5 Å². The molecule has 1 aromatic heterocycles. The number of carbonyl (C=O) groups excluding carboxylic acids is 5. The highest BCUT2D eigenvalue weighted by molar-refractivity contribution is 5.96. The van der Waals surface area contributed by atoms with Crippen LogP contribution in [-0.2, 0) is 36.9 Å². The second-order valence-corrected chi connectivity index (χ2v) is 12.7. The lowest BCUT2D eigenvalue weighted by Crippen LogP contribution is -2.60. The maximum atomic E-state index is 14.8. The first-order chi connectivity index (χ1) is 22.1. The highest BCUT2D eigenvalue weighted by Gasteiger charge is 2.49. The Morgan fingerprint density at radius 2 is 1.72 bits per heavy atom. The zero-order valence-electron chi connectivity index (χ0n) is 26.6. The van der Waals surface area contributed by atoms with Gasteiger partial charge in [-0.1, -0.05) is 61.4 Å². The van der Waals surface area contributed by atoms with Crippen LogP contribution in [0, 0.1) is 5.92 Å². The number of aliphatic hydroxyl groups excluding tert-OH is 1. The van der Waals surface area contributed by atoms with Crippen molar-refractivity contribution < 1.29 is 29.1 Å². The number of amides is 4. The number of carbonyl (C=O) groups is 5. The maximum absolute atomic E-state index is 14.8. The minimum absolute atomic E-state index is 0.0349. The smallest absolute Gasteiger partial charge is 0.246 e. The van der Waals surface area contributed by atoms with Crippen LogP contribution in [-0.4, -0.2) is 86.8 Å². The molecule has 1 saturated carbocycles. The van der Waals surface area contributed by atoms with Crippen molar-refractivity contribution in [2.24, 2.45) is 5.92 Å². The lowest BCUT2D eigenvalue weighted by molar-refractivity contribution is -0.147. The van der Waals surface area contributed by atoms with Crippen LogP contribution < -0.4 is 10.6 Å². The molecule has 46 heavy (non-hydrogen) atoms. The summed E-state index contributed by atoms with van der Waals surface area (Å²) in [6.07, 6.45) is 5.32. The van der Waals surface area contributed by atoms with Gasteiger partial charge in [-0.3, -0.25) is 28.5 Å². The van der Waals surface area contributed by atoms with E-state index in [0.29, 0.717) is 30.5 Å². The fraction of sp³-hybridized carbons (Fsp3) is 0.457. The van der Waals surface area contributed by atoms with Crippen LogP contribution in [0.5, 0.6) is 0 Å². The molecular weight excluding hydrogens is 586 g/mol. The number of benzene rings is 2. The van der Waals surface area contributed by atoms with Gasteiger partial charge < -0.3 is 25.5 Å². The van der Waals surface area contributed by atoms with Crippen LogP contribution in [0.2, 0.25) is 0 Å². The Balaban J connectivity index is 1.50. The Hall–Kier alpha value is -4.51. The number of hydrogen-bond donors (Lipinski definition) is 3. The molecule has 244 valence electrons. The summed E-state index contributed by atoms with van der Waals surface area (Å²) >= 11 is 0. The van der Waals surface area contributed by atoms with E-state index in [1.54, 1.807) is 29.1 Å². The molecule has 6 atom stereocenters. The van der Waals surface area contributed by atoms with Gasteiger partial charge in [0.1, 0.15) is 18.1 Å². The predicted octanol–water partition coefficient (Wildman–Crippen LogP) is 2.41. The normalized spacial score (nSPS) is 21.1. The van der Waals surface area contributed by atoms with Crippen LogP contribution in [0.25, 0.3) is 10.9 Å². The Bertz CT molecular complexity index is 1590. The topological polar surface area (TPSA) is 141 Å². The predicted molar refractivity (Wildman–Crippen MR) is 173 cm³/mol. The standard InChI is InChI=1S/C35H43N5O6/c1-22(42)32(36-23(2)43)33(44)37-28(17-26-20-39(21-41)30-16-10-8-14-27(26)30)34(45)40-29-15-9-7-13-25(29)18-31(40)35(46)38(3)19-24-11-5-4-6-12-24/h4-6,8,10-12,14,16,20-22,25,28-29,31-32,42H,7,9,13,15,17-19H2,1-3H3,(H,36,43)(H,37,44)/t22?,25-,28+,29-,31-,32-/m0/s1. The van der Waals surface area contributed by atoms with Crippen molar-refractivity contribution in [1.29, 1.82) is 0 Å². The molecule has 2 fully saturated rings. The average molecular weight is 630 g/mol. The van der Waals surface area contributed by atoms with Crippen LogP contribution in [0.4, 0.5) is 0 Å². The van der Waals surface area contributed by atoms with E-state index in [1.165, 1.54) is 18.4 Å². The van der Waals surface area contributed by atoms with Gasteiger partial charge in [0.25, 0.3) is 0 Å². The van der Waals surface area contributed by atoms with Crippen LogP contribution in [0.3, 0.4) is 0 Å². The SMILES string of the molecule is CC(=O)N[C@H](C(=O)N[C@H](Cc1cn(C=O)c2ccccc12)C(=O)N1[C@H](C(=O)N(C)Cc2ccccc2)C[C@@H]2CCCC[C@@H]21)C(C)O. The number of para-hydroxylation sites is 1. The summed E-state index contributed by atoms with van der Waals surface area (Å²) in [5.41, 5.74) is 2.30. The van der Waals surface area contributed by atoms with E-state index in [-0.39, 0.29) is 24.3 Å². The summed E-state index contributed by atoms with van der Waals surface area (Å²) < 4.78 is 1.43. The molecule has 2 aliphatic rings. The fourth-order valence-electron chi connectivity index (χ4n) is 7.20. The quantitative estimate of drug-likeness (QED) is 0.278. The van der Waals surface area contributed by atoms with Crippen molar-refractivity contribution in [3.8, 4) is 0 Å². The maximum Gasteiger partial charge on any atom is 0.246 e. The Morgan fingerprint density at radius 1 is 1.02 bits per heavy atom. The Morgan fingerprint density at radius 3 is 2.41 bits per heavy atom. The summed E-state index contributed by atoms with van der Waals surface area (Å²) in [5.74, 6) is -1.62. The lowest BCUT2D eigenvalue weighted by atomic mass is 9.84. The van der Waals surface area contributed by atoms with E-state index in [2.05, 4.69) is 10.6 Å². The van der Waals surface area contributed by atoms with E-state index in [4.69, 9.17) is 0 Å². The van der Waals surface area contributed by atoms with Crippen molar-refractivity contribution in [3.63, 3.8) is 0 Å². The second-order valence-electron chi connectivity index (χ2n) is 12.7. The van der Waals surface area contributed by atoms with Crippen LogP contribution in [0.15, 0.2) is 60.8 Å². The first kappa shape index (κ1) is 32.9. The molecule has 11 heteroatoms. The molecular formula is C35H43N5O6. The molecule has 0 spiro atoms. The molecule has 11 nitrogen and oxygen atoms in total. The number of nitrogens with one attached hydrogen (secondary N) is 2. The number of likely N-dealkylation sites (N-methyl/N-ethyl adjacent to an activating group) is 1. The second kappa shape index (κ2) is 14.3. The first-order valence-electron chi connectivity index (χ1n) is 16.0. The number of likely N-dealkylation sites (tertiary alicyclic amines) is 1. The summed E-state index contributed by atoms with van der Waals surface area (Å²) in [6, 6.07) is 13.7. The first-order valence-corrected chi connectivity index (χ1v) is 16.0. The van der Waals surface area contributed by atoms with E-state index in [0.717, 1.165) is 36.6 Å². The largest absolute Gasteiger partial charge is 0.391 e. The molecule has 1 unspecified atom stereocenters. The van der Waals surface area contributed by atoms with Gasteiger partial charge in [0, 0.05) is 44.6 Å². The summed E-state index contributed by atoms with van der Waals surface area (Å²) in [4.78, 5) is 69.6. The molecule has 1 saturated heterocycles. The zero-order valence-corrected chi connectivity index (χ0v) is 26.6. The third kappa shape index (κ3) is 6.99. The molecule has 3 N–H and O–H groups in total. The fourth-order valence-corrected chi connectivity index (χ4v) is 7.20. The molecule has 2 aromatic carbocycles. The number of rotatable bonds is 11. The number of fused-ring (bicyclic) bond motifs is 2. The number of nitrogens with zero attached hydrogens (tertiary/aromatic N) is 3. The molecule has 1 aliphatic heterocycles.